The minimum absolute atomic E-state index is 0.0941. The number of amidine groups is 1. The van der Waals surface area contributed by atoms with Gasteiger partial charge < -0.3 is 10.6 Å². The highest BCUT2D eigenvalue weighted by atomic mass is 15.2. The molecular formula is C17H30N4. The lowest BCUT2D eigenvalue weighted by atomic mass is 10.1. The number of hydrogen-bond donors (Lipinski definition) is 2. The Labute approximate surface area is 129 Å². The van der Waals surface area contributed by atoms with Gasteiger partial charge in [0, 0.05) is 18.8 Å². The summed E-state index contributed by atoms with van der Waals surface area (Å²) in [5.41, 5.74) is 7.44. The van der Waals surface area contributed by atoms with Crippen LogP contribution in [0.25, 0.3) is 0 Å². The molecule has 0 aliphatic rings. The van der Waals surface area contributed by atoms with Gasteiger partial charge in [0.05, 0.1) is 5.56 Å². The predicted octanol–water partition coefficient (Wildman–Crippen LogP) is 3.57. The molecule has 21 heavy (non-hydrogen) atoms. The van der Waals surface area contributed by atoms with Crippen LogP contribution >= 0.6 is 0 Å². The van der Waals surface area contributed by atoms with Crippen molar-refractivity contribution in [3.63, 3.8) is 0 Å². The summed E-state index contributed by atoms with van der Waals surface area (Å²) in [7, 11) is 0. The highest BCUT2D eigenvalue weighted by molar-refractivity contribution is 5.99. The van der Waals surface area contributed by atoms with Crippen molar-refractivity contribution in [2.75, 3.05) is 18.0 Å². The lowest BCUT2D eigenvalue weighted by Crippen LogP contribution is -2.31. The lowest BCUT2D eigenvalue weighted by Gasteiger charge is -2.27. The highest BCUT2D eigenvalue weighted by Gasteiger charge is 2.16. The molecule has 0 saturated heterocycles. The van der Waals surface area contributed by atoms with Crippen molar-refractivity contribution < 1.29 is 0 Å². The Balaban J connectivity index is 3.04. The molecule has 1 rings (SSSR count). The first-order chi connectivity index (χ1) is 9.81. The summed E-state index contributed by atoms with van der Waals surface area (Å²) in [4.78, 5) is 6.95. The van der Waals surface area contributed by atoms with Gasteiger partial charge in [0.1, 0.15) is 11.7 Å². The zero-order valence-corrected chi connectivity index (χ0v) is 14.1. The van der Waals surface area contributed by atoms with Gasteiger partial charge in [0.25, 0.3) is 0 Å². The van der Waals surface area contributed by atoms with Gasteiger partial charge in [-0.15, -0.1) is 0 Å². The number of pyridine rings is 1. The van der Waals surface area contributed by atoms with E-state index in [0.29, 0.717) is 11.8 Å². The second kappa shape index (κ2) is 8.01. The number of nitrogen functional groups attached to an aromatic ring is 1. The summed E-state index contributed by atoms with van der Waals surface area (Å²) in [6, 6.07) is 3.83. The first kappa shape index (κ1) is 17.5. The molecule has 0 bridgehead atoms. The summed E-state index contributed by atoms with van der Waals surface area (Å²) < 4.78 is 0. The van der Waals surface area contributed by atoms with Crippen LogP contribution in [0, 0.1) is 24.2 Å². The monoisotopic (exact) mass is 290 g/mol. The number of nitrogens with two attached hydrogens (primary N) is 1. The third-order valence-electron chi connectivity index (χ3n) is 3.56. The van der Waals surface area contributed by atoms with Gasteiger partial charge in [-0.1, -0.05) is 27.7 Å². The zero-order chi connectivity index (χ0) is 16.0. The van der Waals surface area contributed by atoms with Crippen LogP contribution in [0.4, 0.5) is 5.82 Å². The number of aryl methyl sites for hydroxylation is 1. The minimum Gasteiger partial charge on any atom is -0.384 e. The highest BCUT2D eigenvalue weighted by Crippen LogP contribution is 2.21. The maximum atomic E-state index is 7.78. The predicted molar refractivity (Wildman–Crippen MR) is 91.1 cm³/mol. The van der Waals surface area contributed by atoms with E-state index in [-0.39, 0.29) is 5.84 Å². The van der Waals surface area contributed by atoms with E-state index in [4.69, 9.17) is 11.1 Å². The maximum absolute atomic E-state index is 7.78. The topological polar surface area (TPSA) is 66.0 Å². The van der Waals surface area contributed by atoms with Crippen molar-refractivity contribution in [2.24, 2.45) is 17.6 Å². The van der Waals surface area contributed by atoms with E-state index < -0.39 is 0 Å². The average molecular weight is 290 g/mol. The Hall–Kier alpha value is -1.58. The molecule has 0 aromatic carbocycles. The number of nitrogens with zero attached hydrogens (tertiary/aromatic N) is 2. The van der Waals surface area contributed by atoms with Gasteiger partial charge >= 0.3 is 0 Å². The molecule has 118 valence electrons. The Morgan fingerprint density at radius 2 is 1.67 bits per heavy atom. The van der Waals surface area contributed by atoms with E-state index in [1.807, 2.05) is 19.1 Å². The summed E-state index contributed by atoms with van der Waals surface area (Å²) >= 11 is 0. The molecule has 0 radical (unpaired) electrons. The molecule has 0 amide bonds. The number of hydrogen-bond acceptors (Lipinski definition) is 3. The average Bonchev–Trinajstić information content (AvgIpc) is 2.37. The Kier molecular flexibility index (Phi) is 6.66. The molecule has 4 nitrogen and oxygen atoms in total. The number of anilines is 1. The van der Waals surface area contributed by atoms with Crippen LogP contribution in [0.2, 0.25) is 0 Å². The second-order valence-corrected chi connectivity index (χ2v) is 6.59. The van der Waals surface area contributed by atoms with Crippen LogP contribution < -0.4 is 10.6 Å². The van der Waals surface area contributed by atoms with Gasteiger partial charge in [-0.05, 0) is 43.7 Å². The third-order valence-corrected chi connectivity index (χ3v) is 3.56. The van der Waals surface area contributed by atoms with Gasteiger partial charge in [-0.25, -0.2) is 4.98 Å². The molecule has 0 spiro atoms. The molecule has 0 fully saturated rings. The molecule has 1 heterocycles. The number of aromatic nitrogens is 1. The fourth-order valence-electron chi connectivity index (χ4n) is 2.15. The van der Waals surface area contributed by atoms with E-state index in [2.05, 4.69) is 37.6 Å². The van der Waals surface area contributed by atoms with Crippen molar-refractivity contribution in [3.05, 3.63) is 23.4 Å². The van der Waals surface area contributed by atoms with E-state index in [9.17, 15) is 0 Å². The van der Waals surface area contributed by atoms with Crippen molar-refractivity contribution in [1.29, 1.82) is 5.41 Å². The standard InChI is InChI=1S/C17H30N4/c1-12(2)8-10-21(11-9-13(3)4)17-15(16(18)19)7-6-14(5)20-17/h6-7,12-13H,8-11H2,1-5H3,(H3,18,19). The van der Waals surface area contributed by atoms with Gasteiger partial charge in [-0.3, -0.25) is 5.41 Å². The SMILES string of the molecule is Cc1ccc(C(=N)N)c(N(CCC(C)C)CCC(C)C)n1. The van der Waals surface area contributed by atoms with Gasteiger partial charge in [0.15, 0.2) is 0 Å². The van der Waals surface area contributed by atoms with Crippen molar-refractivity contribution in [2.45, 2.75) is 47.5 Å². The molecule has 1 aromatic rings. The quantitative estimate of drug-likeness (QED) is 0.568. The fraction of sp³-hybridized carbons (Fsp3) is 0.647. The number of nitrogens with one attached hydrogen (secondary N) is 1. The van der Waals surface area contributed by atoms with Crippen LogP contribution in [0.15, 0.2) is 12.1 Å². The molecule has 3 N–H and O–H groups in total. The van der Waals surface area contributed by atoms with Crippen LogP contribution in [0.3, 0.4) is 0 Å². The van der Waals surface area contributed by atoms with E-state index in [1.54, 1.807) is 0 Å². The molecule has 0 aliphatic carbocycles. The van der Waals surface area contributed by atoms with E-state index in [0.717, 1.165) is 43.0 Å². The molecule has 0 saturated carbocycles. The molecule has 0 unspecified atom stereocenters. The first-order valence-electron chi connectivity index (χ1n) is 7.88. The summed E-state index contributed by atoms with van der Waals surface area (Å²) in [6.07, 6.45) is 2.23. The first-order valence-corrected chi connectivity index (χ1v) is 7.88. The molecule has 0 atom stereocenters. The fourth-order valence-corrected chi connectivity index (χ4v) is 2.15. The molecule has 0 aliphatic heterocycles. The normalized spacial score (nSPS) is 11.2. The Bertz CT molecular complexity index is 454. The smallest absolute Gasteiger partial charge is 0.139 e. The van der Waals surface area contributed by atoms with Gasteiger partial charge in [-0.2, -0.15) is 0 Å². The Morgan fingerprint density at radius 3 is 2.10 bits per heavy atom. The number of rotatable bonds is 8. The van der Waals surface area contributed by atoms with E-state index >= 15 is 0 Å². The van der Waals surface area contributed by atoms with E-state index in [1.165, 1.54) is 0 Å². The van der Waals surface area contributed by atoms with Crippen LogP contribution in [0.5, 0.6) is 0 Å². The summed E-state index contributed by atoms with van der Waals surface area (Å²) in [5.74, 6) is 2.26. The minimum atomic E-state index is 0.0941. The van der Waals surface area contributed by atoms with Crippen LogP contribution in [-0.4, -0.2) is 23.9 Å². The van der Waals surface area contributed by atoms with Crippen molar-refractivity contribution in [3.8, 4) is 0 Å². The summed E-state index contributed by atoms with van der Waals surface area (Å²) in [6.45, 7) is 12.8. The van der Waals surface area contributed by atoms with Crippen molar-refractivity contribution >= 4 is 11.7 Å². The third kappa shape index (κ3) is 5.74. The molecular weight excluding hydrogens is 260 g/mol. The van der Waals surface area contributed by atoms with Crippen LogP contribution in [0.1, 0.15) is 51.8 Å². The maximum Gasteiger partial charge on any atom is 0.139 e. The molecule has 4 heteroatoms. The lowest BCUT2D eigenvalue weighted by molar-refractivity contribution is 0.532. The Morgan fingerprint density at radius 1 is 1.14 bits per heavy atom. The summed E-state index contributed by atoms with van der Waals surface area (Å²) in [5, 5.41) is 7.78. The van der Waals surface area contributed by atoms with Crippen LogP contribution in [-0.2, 0) is 0 Å². The van der Waals surface area contributed by atoms with Crippen molar-refractivity contribution in [1.82, 2.24) is 4.98 Å². The van der Waals surface area contributed by atoms with Gasteiger partial charge in [0.2, 0.25) is 0 Å². The largest absolute Gasteiger partial charge is 0.384 e. The second-order valence-electron chi connectivity index (χ2n) is 6.59. The zero-order valence-electron chi connectivity index (χ0n) is 14.1. The molecule has 1 aromatic heterocycles.